The van der Waals surface area contributed by atoms with Gasteiger partial charge in [0.2, 0.25) is 0 Å². The molecular weight excluding hydrogens is 474 g/mol. The maximum atomic E-state index is 13.5. The van der Waals surface area contributed by atoms with Crippen LogP contribution in [0.15, 0.2) is 100 Å². The molecule has 2 aromatic heterocycles. The van der Waals surface area contributed by atoms with Gasteiger partial charge in [-0.15, -0.1) is 0 Å². The van der Waals surface area contributed by atoms with Crippen LogP contribution < -0.4 is 5.63 Å². The summed E-state index contributed by atoms with van der Waals surface area (Å²) in [6.07, 6.45) is 4.64. The average Bonchev–Trinajstić information content (AvgIpc) is 3.70. The smallest absolute Gasteiger partial charge is 0.343 e. The summed E-state index contributed by atoms with van der Waals surface area (Å²) in [7, 11) is -3.70. The Morgan fingerprint density at radius 2 is 1.53 bits per heavy atom. The molecule has 2 heterocycles. The Morgan fingerprint density at radius 1 is 0.917 bits per heavy atom. The Kier molecular flexibility index (Phi) is 6.49. The lowest BCUT2D eigenvalue weighted by Gasteiger charge is -2.26. The van der Waals surface area contributed by atoms with E-state index in [1.165, 1.54) is 6.07 Å². The molecule has 1 N–H and O–H groups in total. The quantitative estimate of drug-likeness (QED) is 0.356. The lowest BCUT2D eigenvalue weighted by atomic mass is 9.86. The van der Waals surface area contributed by atoms with Gasteiger partial charge in [-0.3, -0.25) is 4.98 Å². The summed E-state index contributed by atoms with van der Waals surface area (Å²) in [5, 5.41) is 10.1. The van der Waals surface area contributed by atoms with Crippen molar-refractivity contribution < 1.29 is 17.9 Å². The predicted octanol–water partition coefficient (Wildman–Crippen LogP) is 5.20. The molecule has 0 amide bonds. The van der Waals surface area contributed by atoms with Crippen LogP contribution in [0.1, 0.15) is 58.1 Å². The zero-order valence-electron chi connectivity index (χ0n) is 19.8. The molecule has 2 aromatic carbocycles. The highest BCUT2D eigenvalue weighted by Gasteiger charge is 2.40. The van der Waals surface area contributed by atoms with E-state index in [1.54, 1.807) is 54.7 Å². The van der Waals surface area contributed by atoms with Crippen LogP contribution >= 0.6 is 0 Å². The Hall–Kier alpha value is -3.71. The second-order valence-electron chi connectivity index (χ2n) is 9.35. The average molecular weight is 502 g/mol. The van der Waals surface area contributed by atoms with Gasteiger partial charge in [0.15, 0.2) is 9.84 Å². The molecule has 3 unspecified atom stereocenters. The molecule has 1 fully saturated rings. The van der Waals surface area contributed by atoms with E-state index in [0.717, 1.165) is 24.7 Å². The molecule has 5 rings (SSSR count). The molecule has 0 spiro atoms. The molecule has 0 bridgehead atoms. The molecule has 4 aromatic rings. The number of nitrogens with zero attached hydrogens (tertiary/aromatic N) is 1. The Labute approximate surface area is 210 Å². The van der Waals surface area contributed by atoms with Gasteiger partial charge in [-0.2, -0.15) is 0 Å². The van der Waals surface area contributed by atoms with Crippen LogP contribution in [0.4, 0.5) is 0 Å². The maximum Gasteiger partial charge on any atom is 0.343 e. The van der Waals surface area contributed by atoms with Crippen LogP contribution in [0.25, 0.3) is 0 Å². The van der Waals surface area contributed by atoms with E-state index in [9.17, 15) is 18.3 Å². The van der Waals surface area contributed by atoms with Gasteiger partial charge < -0.3 is 9.52 Å². The van der Waals surface area contributed by atoms with E-state index < -0.39 is 26.6 Å². The third-order valence-corrected chi connectivity index (χ3v) is 8.22. The third kappa shape index (κ3) is 4.84. The summed E-state index contributed by atoms with van der Waals surface area (Å²) in [6.45, 7) is 0. The van der Waals surface area contributed by atoms with Crippen LogP contribution in [-0.2, 0) is 9.84 Å². The second-order valence-corrected chi connectivity index (χ2v) is 11.5. The summed E-state index contributed by atoms with van der Waals surface area (Å²) in [5.41, 5.74) is 1.46. The van der Waals surface area contributed by atoms with E-state index >= 15 is 0 Å². The van der Waals surface area contributed by atoms with Gasteiger partial charge in [0.1, 0.15) is 16.8 Å². The van der Waals surface area contributed by atoms with E-state index in [4.69, 9.17) is 4.42 Å². The first kappa shape index (κ1) is 24.0. The predicted molar refractivity (Wildman–Crippen MR) is 138 cm³/mol. The van der Waals surface area contributed by atoms with Gasteiger partial charge in [0, 0.05) is 24.4 Å². The minimum absolute atomic E-state index is 0.0573. The molecular formula is C29H27NO5S. The fourth-order valence-corrected chi connectivity index (χ4v) is 6.47. The van der Waals surface area contributed by atoms with Crippen molar-refractivity contribution in [2.75, 3.05) is 6.26 Å². The van der Waals surface area contributed by atoms with Crippen LogP contribution in [0.3, 0.4) is 0 Å². The lowest BCUT2D eigenvalue weighted by Crippen LogP contribution is -2.24. The monoisotopic (exact) mass is 501 g/mol. The largest absolute Gasteiger partial charge is 0.507 e. The SMILES string of the molecule is CS(=O)(=O)C(c1ccccc1)C(c1ccccn1)c1cc(O)c(C(c2ccccc2)C2CC2)c(=O)o1. The first-order chi connectivity index (χ1) is 17.3. The molecule has 6 nitrogen and oxygen atoms in total. The van der Waals surface area contributed by atoms with E-state index in [1.807, 2.05) is 30.3 Å². The van der Waals surface area contributed by atoms with E-state index in [-0.39, 0.29) is 28.9 Å². The number of sulfone groups is 1. The second kappa shape index (κ2) is 9.74. The number of aromatic nitrogens is 1. The summed E-state index contributed by atoms with van der Waals surface area (Å²) in [4.78, 5) is 17.9. The standard InChI is InChI=1S/C29H27NO5S/c1-36(33,34)28(21-12-6-3-7-13-21)26(22-14-8-9-17-30-22)24-18-23(31)27(29(32)35-24)25(20-15-16-20)19-10-4-2-5-11-19/h2-14,17-18,20,25-26,28,31H,15-16H2,1H3. The maximum absolute atomic E-state index is 13.5. The van der Waals surface area contributed by atoms with Crippen molar-refractivity contribution in [3.05, 3.63) is 130 Å². The van der Waals surface area contributed by atoms with Gasteiger partial charge in [-0.05, 0) is 42.0 Å². The first-order valence-electron chi connectivity index (χ1n) is 11.9. The van der Waals surface area contributed by atoms with Crippen molar-refractivity contribution >= 4 is 9.84 Å². The zero-order chi connectivity index (χ0) is 25.3. The van der Waals surface area contributed by atoms with Crippen molar-refractivity contribution in [2.24, 2.45) is 5.92 Å². The van der Waals surface area contributed by atoms with Crippen LogP contribution in [-0.4, -0.2) is 24.8 Å². The molecule has 1 saturated carbocycles. The van der Waals surface area contributed by atoms with Gasteiger partial charge in [-0.25, -0.2) is 13.2 Å². The molecule has 36 heavy (non-hydrogen) atoms. The van der Waals surface area contributed by atoms with Crippen molar-refractivity contribution in [1.82, 2.24) is 4.98 Å². The number of hydrogen-bond acceptors (Lipinski definition) is 6. The summed E-state index contributed by atoms with van der Waals surface area (Å²) in [6, 6.07) is 25.0. The molecule has 1 aliphatic rings. The van der Waals surface area contributed by atoms with Crippen LogP contribution in [0, 0.1) is 5.92 Å². The highest BCUT2D eigenvalue weighted by Crippen LogP contribution is 2.48. The van der Waals surface area contributed by atoms with Crippen molar-refractivity contribution in [3.63, 3.8) is 0 Å². The zero-order valence-corrected chi connectivity index (χ0v) is 20.6. The van der Waals surface area contributed by atoms with Gasteiger partial charge >= 0.3 is 5.63 Å². The van der Waals surface area contributed by atoms with Crippen LogP contribution in [0.2, 0.25) is 0 Å². The fraction of sp³-hybridized carbons (Fsp3) is 0.241. The lowest BCUT2D eigenvalue weighted by molar-refractivity contribution is 0.389. The molecule has 7 heteroatoms. The van der Waals surface area contributed by atoms with Gasteiger partial charge in [0.25, 0.3) is 0 Å². The molecule has 0 radical (unpaired) electrons. The topological polar surface area (TPSA) is 97.5 Å². The highest BCUT2D eigenvalue weighted by atomic mass is 32.2. The first-order valence-corrected chi connectivity index (χ1v) is 13.9. The third-order valence-electron chi connectivity index (χ3n) is 6.75. The normalized spacial score (nSPS) is 16.2. The minimum atomic E-state index is -3.70. The molecule has 0 saturated heterocycles. The fourth-order valence-electron chi connectivity index (χ4n) is 5.05. The minimum Gasteiger partial charge on any atom is -0.507 e. The summed E-state index contributed by atoms with van der Waals surface area (Å²) in [5.74, 6) is -1.12. The Balaban J connectivity index is 1.69. The highest BCUT2D eigenvalue weighted by molar-refractivity contribution is 7.91. The number of rotatable bonds is 8. The number of hydrogen-bond donors (Lipinski definition) is 1. The van der Waals surface area contributed by atoms with Crippen molar-refractivity contribution in [1.29, 1.82) is 0 Å². The molecule has 0 aliphatic heterocycles. The number of pyridine rings is 1. The van der Waals surface area contributed by atoms with Crippen LogP contribution in [0.5, 0.6) is 5.75 Å². The van der Waals surface area contributed by atoms with Crippen molar-refractivity contribution in [3.8, 4) is 5.75 Å². The number of aromatic hydroxyl groups is 1. The van der Waals surface area contributed by atoms with Crippen molar-refractivity contribution in [2.45, 2.75) is 29.9 Å². The molecule has 3 atom stereocenters. The van der Waals surface area contributed by atoms with Gasteiger partial charge in [0.05, 0.1) is 17.2 Å². The molecule has 184 valence electrons. The number of benzene rings is 2. The Morgan fingerprint density at radius 3 is 2.06 bits per heavy atom. The van der Waals surface area contributed by atoms with E-state index in [0.29, 0.717) is 11.3 Å². The van der Waals surface area contributed by atoms with E-state index in [2.05, 4.69) is 4.98 Å². The van der Waals surface area contributed by atoms with Gasteiger partial charge in [-0.1, -0.05) is 66.7 Å². The summed E-state index contributed by atoms with van der Waals surface area (Å²) >= 11 is 0. The Bertz CT molecular complexity index is 1500. The summed E-state index contributed by atoms with van der Waals surface area (Å²) < 4.78 is 32.1. The molecule has 1 aliphatic carbocycles.